The van der Waals surface area contributed by atoms with Crippen molar-refractivity contribution in [3.8, 4) is 0 Å². The summed E-state index contributed by atoms with van der Waals surface area (Å²) in [5.74, 6) is 0.763. The van der Waals surface area contributed by atoms with E-state index in [1.807, 2.05) is 66.5 Å². The lowest BCUT2D eigenvalue weighted by atomic mass is 10.1. The molecule has 30 heavy (non-hydrogen) atoms. The lowest BCUT2D eigenvalue weighted by molar-refractivity contribution is 0.0951. The summed E-state index contributed by atoms with van der Waals surface area (Å²) < 4.78 is 0. The first-order valence-electron chi connectivity index (χ1n) is 9.38. The van der Waals surface area contributed by atoms with Gasteiger partial charge in [0, 0.05) is 37.1 Å². The van der Waals surface area contributed by atoms with Crippen LogP contribution in [0, 0.1) is 0 Å². The number of aromatic nitrogens is 2. The molecule has 1 amide bonds. The van der Waals surface area contributed by atoms with Crippen LogP contribution in [0.4, 0.5) is 17.3 Å². The van der Waals surface area contributed by atoms with E-state index in [0.717, 1.165) is 22.0 Å². The number of anilines is 3. The van der Waals surface area contributed by atoms with Crippen molar-refractivity contribution in [1.82, 2.24) is 15.3 Å². The summed E-state index contributed by atoms with van der Waals surface area (Å²) in [5, 5.41) is 5.22. The van der Waals surface area contributed by atoms with Crippen LogP contribution in [0.2, 0.25) is 5.02 Å². The van der Waals surface area contributed by atoms with Gasteiger partial charge in [0.1, 0.15) is 11.6 Å². The molecule has 3 N–H and O–H groups in total. The van der Waals surface area contributed by atoms with Gasteiger partial charge < -0.3 is 16.0 Å². The number of rotatable bonds is 5. The molecule has 0 aliphatic carbocycles. The number of nitrogens with two attached hydrogens (primary N) is 1. The van der Waals surface area contributed by atoms with Crippen molar-refractivity contribution in [2.24, 2.45) is 0 Å². The number of benzene rings is 2. The molecule has 2 aromatic heterocycles. The third-order valence-corrected chi connectivity index (χ3v) is 5.06. The first-order chi connectivity index (χ1) is 14.5. The van der Waals surface area contributed by atoms with Crippen LogP contribution in [0.25, 0.3) is 10.8 Å². The van der Waals surface area contributed by atoms with E-state index < -0.39 is 0 Å². The molecule has 6 nitrogen and oxygen atoms in total. The standard InChI is InChI=1S/C23H20ClN5O/c1-29(18-5-3-2-4-6-18)22-20(12-17(24)14-27-22)23(30)28-13-15-7-8-19-16(11-15)9-10-26-21(19)25/h2-12,14H,13H2,1H3,(H2,25,26)(H,28,30). The molecule has 150 valence electrons. The number of hydrogen-bond donors (Lipinski definition) is 2. The Morgan fingerprint density at radius 2 is 1.90 bits per heavy atom. The van der Waals surface area contributed by atoms with E-state index >= 15 is 0 Å². The number of para-hydroxylation sites is 1. The highest BCUT2D eigenvalue weighted by atomic mass is 35.5. The maximum atomic E-state index is 13.0. The van der Waals surface area contributed by atoms with Gasteiger partial charge in [0.25, 0.3) is 5.91 Å². The summed E-state index contributed by atoms with van der Waals surface area (Å²) in [4.78, 5) is 23.3. The number of halogens is 1. The van der Waals surface area contributed by atoms with Gasteiger partial charge in [-0.1, -0.05) is 41.9 Å². The lowest BCUT2D eigenvalue weighted by Crippen LogP contribution is -2.26. The van der Waals surface area contributed by atoms with E-state index in [2.05, 4.69) is 15.3 Å². The number of fused-ring (bicyclic) bond motifs is 1. The smallest absolute Gasteiger partial charge is 0.255 e. The Morgan fingerprint density at radius 1 is 1.10 bits per heavy atom. The van der Waals surface area contributed by atoms with Crippen LogP contribution in [0.5, 0.6) is 0 Å². The average Bonchev–Trinajstić information content (AvgIpc) is 2.77. The molecule has 0 aliphatic rings. The second-order valence-corrected chi connectivity index (χ2v) is 7.29. The van der Waals surface area contributed by atoms with Crippen molar-refractivity contribution < 1.29 is 4.79 Å². The van der Waals surface area contributed by atoms with Crippen molar-refractivity contribution in [1.29, 1.82) is 0 Å². The van der Waals surface area contributed by atoms with E-state index in [1.54, 1.807) is 12.3 Å². The van der Waals surface area contributed by atoms with Crippen LogP contribution in [0.1, 0.15) is 15.9 Å². The summed E-state index contributed by atoms with van der Waals surface area (Å²) in [6.45, 7) is 0.359. The first-order valence-corrected chi connectivity index (χ1v) is 9.76. The predicted octanol–water partition coefficient (Wildman–Crippen LogP) is 4.56. The van der Waals surface area contributed by atoms with Crippen LogP contribution in [-0.4, -0.2) is 22.9 Å². The Kier molecular flexibility index (Phi) is 5.50. The molecule has 0 unspecified atom stereocenters. The van der Waals surface area contributed by atoms with Crippen molar-refractivity contribution >= 4 is 45.6 Å². The van der Waals surface area contributed by atoms with Gasteiger partial charge in [-0.15, -0.1) is 0 Å². The van der Waals surface area contributed by atoms with Crippen molar-refractivity contribution in [3.63, 3.8) is 0 Å². The van der Waals surface area contributed by atoms with Crippen molar-refractivity contribution in [2.45, 2.75) is 6.54 Å². The molecule has 0 radical (unpaired) electrons. The van der Waals surface area contributed by atoms with E-state index in [0.29, 0.717) is 28.8 Å². The maximum Gasteiger partial charge on any atom is 0.255 e. The Hall–Kier alpha value is -3.64. The fourth-order valence-electron chi connectivity index (χ4n) is 3.28. The van der Waals surface area contributed by atoms with Gasteiger partial charge in [-0.2, -0.15) is 0 Å². The number of pyridine rings is 2. The molecule has 0 spiro atoms. The van der Waals surface area contributed by atoms with Crippen molar-refractivity contribution in [2.75, 3.05) is 17.7 Å². The lowest BCUT2D eigenvalue weighted by Gasteiger charge is -2.21. The molecule has 7 heteroatoms. The Morgan fingerprint density at radius 3 is 2.70 bits per heavy atom. The second kappa shape index (κ2) is 8.39. The summed E-state index contributed by atoms with van der Waals surface area (Å²) in [5.41, 5.74) is 8.18. The molecule has 2 aromatic carbocycles. The van der Waals surface area contributed by atoms with Gasteiger partial charge in [-0.25, -0.2) is 9.97 Å². The predicted molar refractivity (Wildman–Crippen MR) is 121 cm³/mol. The molecule has 0 bridgehead atoms. The molecule has 0 atom stereocenters. The topological polar surface area (TPSA) is 84.1 Å². The summed E-state index contributed by atoms with van der Waals surface area (Å²) >= 11 is 6.13. The monoisotopic (exact) mass is 417 g/mol. The number of hydrogen-bond acceptors (Lipinski definition) is 5. The molecule has 0 saturated heterocycles. The summed E-state index contributed by atoms with van der Waals surface area (Å²) in [6.07, 6.45) is 3.21. The third-order valence-electron chi connectivity index (χ3n) is 4.85. The molecule has 4 rings (SSSR count). The largest absolute Gasteiger partial charge is 0.383 e. The molecular formula is C23H20ClN5O. The number of amides is 1. The first kappa shape index (κ1) is 19.7. The Balaban J connectivity index is 1.57. The van der Waals surface area contributed by atoms with Gasteiger partial charge in [-0.3, -0.25) is 4.79 Å². The van der Waals surface area contributed by atoms with E-state index in [4.69, 9.17) is 17.3 Å². The van der Waals surface area contributed by atoms with Crippen LogP contribution in [0.3, 0.4) is 0 Å². The normalized spacial score (nSPS) is 10.7. The van der Waals surface area contributed by atoms with Crippen molar-refractivity contribution in [3.05, 3.63) is 89.2 Å². The number of nitrogen functional groups attached to an aromatic ring is 1. The summed E-state index contributed by atoms with van der Waals surface area (Å²) in [6, 6.07) is 19.1. The van der Waals surface area contributed by atoms with Gasteiger partial charge in [0.05, 0.1) is 10.6 Å². The highest BCUT2D eigenvalue weighted by Gasteiger charge is 2.18. The zero-order valence-electron chi connectivity index (χ0n) is 16.3. The van der Waals surface area contributed by atoms with Crippen LogP contribution >= 0.6 is 11.6 Å². The van der Waals surface area contributed by atoms with E-state index in [1.165, 1.54) is 6.20 Å². The van der Waals surface area contributed by atoms with Gasteiger partial charge in [-0.05, 0) is 41.3 Å². The fourth-order valence-corrected chi connectivity index (χ4v) is 3.44. The third kappa shape index (κ3) is 4.04. The Labute approximate surface area is 179 Å². The van der Waals surface area contributed by atoms with Gasteiger partial charge >= 0.3 is 0 Å². The highest BCUT2D eigenvalue weighted by molar-refractivity contribution is 6.31. The fraction of sp³-hybridized carbons (Fsp3) is 0.0870. The number of nitrogens with one attached hydrogen (secondary N) is 1. The zero-order valence-corrected chi connectivity index (χ0v) is 17.1. The number of carbonyl (C=O) groups is 1. The quantitative estimate of drug-likeness (QED) is 0.497. The number of nitrogens with zero attached hydrogens (tertiary/aromatic N) is 3. The maximum absolute atomic E-state index is 13.0. The van der Waals surface area contributed by atoms with Gasteiger partial charge in [0.15, 0.2) is 0 Å². The highest BCUT2D eigenvalue weighted by Crippen LogP contribution is 2.27. The zero-order chi connectivity index (χ0) is 21.1. The molecule has 2 heterocycles. The second-order valence-electron chi connectivity index (χ2n) is 6.85. The molecule has 0 fully saturated rings. The van der Waals surface area contributed by atoms with E-state index in [9.17, 15) is 4.79 Å². The van der Waals surface area contributed by atoms with Crippen LogP contribution in [-0.2, 0) is 6.54 Å². The summed E-state index contributed by atoms with van der Waals surface area (Å²) in [7, 11) is 1.87. The van der Waals surface area contributed by atoms with Crippen LogP contribution < -0.4 is 16.0 Å². The molecule has 0 aliphatic heterocycles. The van der Waals surface area contributed by atoms with Crippen LogP contribution in [0.15, 0.2) is 73.1 Å². The SMILES string of the molecule is CN(c1ccccc1)c1ncc(Cl)cc1C(=O)NCc1ccc2c(N)nccc2c1. The Bertz CT molecular complexity index is 1210. The van der Waals surface area contributed by atoms with Gasteiger partial charge in [0.2, 0.25) is 0 Å². The number of carbonyl (C=O) groups excluding carboxylic acids is 1. The minimum atomic E-state index is -0.253. The average molecular weight is 418 g/mol. The minimum absolute atomic E-state index is 0.253. The minimum Gasteiger partial charge on any atom is -0.383 e. The molecule has 4 aromatic rings. The molecular weight excluding hydrogens is 398 g/mol. The van der Waals surface area contributed by atoms with E-state index in [-0.39, 0.29) is 5.91 Å². The molecule has 0 saturated carbocycles.